The molecule has 138 valence electrons. The van der Waals surface area contributed by atoms with Crippen molar-refractivity contribution < 1.29 is 9.59 Å². The quantitative estimate of drug-likeness (QED) is 0.423. The first-order valence-corrected chi connectivity index (χ1v) is 8.77. The van der Waals surface area contributed by atoms with E-state index in [9.17, 15) is 9.59 Å². The minimum atomic E-state index is -0.459. The zero-order chi connectivity index (χ0) is 19.7. The number of hydrogen-bond acceptors (Lipinski definition) is 4. The van der Waals surface area contributed by atoms with E-state index in [2.05, 4.69) is 9.97 Å². The number of aromatic nitrogens is 2. The maximum atomic E-state index is 12.6. The number of rotatable bonds is 3. The fourth-order valence-electron chi connectivity index (χ4n) is 3.22. The van der Waals surface area contributed by atoms with Crippen molar-refractivity contribution in [2.24, 2.45) is 0 Å². The molecule has 6 nitrogen and oxygen atoms in total. The first kappa shape index (κ1) is 17.5. The normalized spacial score (nSPS) is 11.3. The maximum absolute atomic E-state index is 12.6. The SMILES string of the molecule is CC(=O)N(C(=O)/C=C/c1cc2c(cn1)[nH]c1ccccc12)c1cccc(N)c1. The van der Waals surface area contributed by atoms with Crippen molar-refractivity contribution in [3.8, 4) is 0 Å². The van der Waals surface area contributed by atoms with E-state index in [0.717, 1.165) is 26.7 Å². The number of fused-ring (bicyclic) bond motifs is 3. The van der Waals surface area contributed by atoms with Gasteiger partial charge in [0.05, 0.1) is 23.1 Å². The van der Waals surface area contributed by atoms with Crippen LogP contribution < -0.4 is 10.6 Å². The predicted octanol–water partition coefficient (Wildman–Crippen LogP) is 3.89. The smallest absolute Gasteiger partial charge is 0.257 e. The van der Waals surface area contributed by atoms with Gasteiger partial charge in [-0.2, -0.15) is 0 Å². The molecule has 0 radical (unpaired) electrons. The minimum absolute atomic E-state index is 0.389. The number of pyridine rings is 1. The molecule has 2 aromatic carbocycles. The highest BCUT2D eigenvalue weighted by atomic mass is 16.2. The van der Waals surface area contributed by atoms with Crippen LogP contribution in [0, 0.1) is 0 Å². The first-order chi connectivity index (χ1) is 13.5. The van der Waals surface area contributed by atoms with Gasteiger partial charge in [0.15, 0.2) is 0 Å². The van der Waals surface area contributed by atoms with Crippen molar-refractivity contribution in [2.75, 3.05) is 10.6 Å². The van der Waals surface area contributed by atoms with Gasteiger partial charge >= 0.3 is 0 Å². The number of hydrogen-bond donors (Lipinski definition) is 2. The number of carbonyl (C=O) groups is 2. The van der Waals surface area contributed by atoms with E-state index in [4.69, 9.17) is 5.73 Å². The van der Waals surface area contributed by atoms with Crippen molar-refractivity contribution in [2.45, 2.75) is 6.92 Å². The highest BCUT2D eigenvalue weighted by Crippen LogP contribution is 2.25. The molecule has 0 aliphatic heterocycles. The number of nitrogens with two attached hydrogens (primary N) is 1. The van der Waals surface area contributed by atoms with Crippen molar-refractivity contribution >= 4 is 51.1 Å². The molecule has 0 aliphatic carbocycles. The molecule has 4 aromatic rings. The Morgan fingerprint density at radius 2 is 1.86 bits per heavy atom. The van der Waals surface area contributed by atoms with Crippen LogP contribution in [0.4, 0.5) is 11.4 Å². The van der Waals surface area contributed by atoms with Gasteiger partial charge in [0, 0.05) is 35.0 Å². The summed E-state index contributed by atoms with van der Waals surface area (Å²) < 4.78 is 0. The number of para-hydroxylation sites is 1. The third-order valence-electron chi connectivity index (χ3n) is 4.47. The Hall–Kier alpha value is -3.93. The lowest BCUT2D eigenvalue weighted by atomic mass is 10.1. The second kappa shape index (κ2) is 7.00. The first-order valence-electron chi connectivity index (χ1n) is 8.77. The molecule has 6 heteroatoms. The van der Waals surface area contributed by atoms with E-state index in [1.165, 1.54) is 13.0 Å². The molecule has 2 aromatic heterocycles. The monoisotopic (exact) mass is 370 g/mol. The van der Waals surface area contributed by atoms with Crippen LogP contribution in [0.25, 0.3) is 27.9 Å². The van der Waals surface area contributed by atoms with Gasteiger partial charge in [-0.1, -0.05) is 24.3 Å². The highest BCUT2D eigenvalue weighted by molar-refractivity contribution is 6.19. The van der Waals surface area contributed by atoms with Crippen LogP contribution in [0.2, 0.25) is 0 Å². The van der Waals surface area contributed by atoms with E-state index < -0.39 is 5.91 Å². The van der Waals surface area contributed by atoms with Gasteiger partial charge in [0.25, 0.3) is 5.91 Å². The number of carbonyl (C=O) groups excluding carboxylic acids is 2. The van der Waals surface area contributed by atoms with E-state index in [1.807, 2.05) is 30.3 Å². The largest absolute Gasteiger partial charge is 0.399 e. The summed E-state index contributed by atoms with van der Waals surface area (Å²) in [5.41, 5.74) is 9.26. The Balaban J connectivity index is 1.66. The molecule has 0 bridgehead atoms. The molecule has 2 amide bonds. The maximum Gasteiger partial charge on any atom is 0.257 e. The molecule has 0 saturated carbocycles. The van der Waals surface area contributed by atoms with Crippen molar-refractivity contribution in [3.05, 3.63) is 72.6 Å². The second-order valence-corrected chi connectivity index (χ2v) is 6.45. The number of anilines is 2. The molecule has 3 N–H and O–H groups in total. The molecule has 0 saturated heterocycles. The molecule has 0 fully saturated rings. The van der Waals surface area contributed by atoms with Crippen LogP contribution >= 0.6 is 0 Å². The number of imide groups is 1. The fraction of sp³-hybridized carbons (Fsp3) is 0.0455. The number of benzene rings is 2. The van der Waals surface area contributed by atoms with Gasteiger partial charge in [0.1, 0.15) is 0 Å². The average Bonchev–Trinajstić information content (AvgIpc) is 3.04. The summed E-state index contributed by atoms with van der Waals surface area (Å²) in [6.07, 6.45) is 4.68. The number of aromatic amines is 1. The number of nitrogens with one attached hydrogen (secondary N) is 1. The lowest BCUT2D eigenvalue weighted by molar-refractivity contribution is -0.122. The molecule has 0 spiro atoms. The van der Waals surface area contributed by atoms with Crippen LogP contribution in [0.3, 0.4) is 0 Å². The second-order valence-electron chi connectivity index (χ2n) is 6.45. The van der Waals surface area contributed by atoms with Crippen molar-refractivity contribution in [1.29, 1.82) is 0 Å². The summed E-state index contributed by atoms with van der Waals surface area (Å²) in [5.74, 6) is -0.848. The topological polar surface area (TPSA) is 92.1 Å². The predicted molar refractivity (Wildman–Crippen MR) is 112 cm³/mol. The third kappa shape index (κ3) is 3.23. The Bertz CT molecular complexity index is 1240. The number of amides is 2. The Kier molecular flexibility index (Phi) is 4.37. The zero-order valence-electron chi connectivity index (χ0n) is 15.2. The molecule has 28 heavy (non-hydrogen) atoms. The lowest BCUT2D eigenvalue weighted by Gasteiger charge is -2.17. The zero-order valence-corrected chi connectivity index (χ0v) is 15.2. The third-order valence-corrected chi connectivity index (χ3v) is 4.47. The van der Waals surface area contributed by atoms with Gasteiger partial charge in [-0.25, -0.2) is 4.90 Å². The number of nitrogens with zero attached hydrogens (tertiary/aromatic N) is 2. The van der Waals surface area contributed by atoms with E-state index >= 15 is 0 Å². The Labute approximate surface area is 161 Å². The van der Waals surface area contributed by atoms with E-state index in [1.54, 1.807) is 36.5 Å². The molecule has 4 rings (SSSR count). The minimum Gasteiger partial charge on any atom is -0.399 e. The number of H-pyrrole nitrogens is 1. The van der Waals surface area contributed by atoms with Crippen molar-refractivity contribution in [3.63, 3.8) is 0 Å². The van der Waals surface area contributed by atoms with Gasteiger partial charge in [-0.05, 0) is 36.4 Å². The van der Waals surface area contributed by atoms with Gasteiger partial charge in [-0.3, -0.25) is 14.6 Å². The molecule has 0 unspecified atom stereocenters. The van der Waals surface area contributed by atoms with Crippen LogP contribution in [0.15, 0.2) is 66.9 Å². The number of nitrogen functional groups attached to an aromatic ring is 1. The van der Waals surface area contributed by atoms with Crippen LogP contribution in [-0.4, -0.2) is 21.8 Å². The summed E-state index contributed by atoms with van der Waals surface area (Å²) >= 11 is 0. The molecular weight excluding hydrogens is 352 g/mol. The molecule has 0 atom stereocenters. The summed E-state index contributed by atoms with van der Waals surface area (Å²) in [4.78, 5) is 33.4. The summed E-state index contributed by atoms with van der Waals surface area (Å²) in [6.45, 7) is 1.34. The average molecular weight is 370 g/mol. The molecule has 2 heterocycles. The van der Waals surface area contributed by atoms with Crippen LogP contribution in [0.1, 0.15) is 12.6 Å². The van der Waals surface area contributed by atoms with Gasteiger partial charge in [0.2, 0.25) is 5.91 Å². The van der Waals surface area contributed by atoms with Crippen LogP contribution in [-0.2, 0) is 9.59 Å². The Morgan fingerprint density at radius 3 is 2.64 bits per heavy atom. The summed E-state index contributed by atoms with van der Waals surface area (Å²) in [6, 6.07) is 16.5. The highest BCUT2D eigenvalue weighted by Gasteiger charge is 2.18. The van der Waals surface area contributed by atoms with Gasteiger partial charge in [-0.15, -0.1) is 0 Å². The van der Waals surface area contributed by atoms with Gasteiger partial charge < -0.3 is 10.7 Å². The summed E-state index contributed by atoms with van der Waals surface area (Å²) in [5, 5.41) is 2.11. The van der Waals surface area contributed by atoms with Crippen molar-refractivity contribution in [1.82, 2.24) is 9.97 Å². The standard InChI is InChI=1S/C22H18N4O2/c1-14(27)26(17-6-4-5-15(23)11-17)22(28)10-9-16-12-19-18-7-2-3-8-20(18)25-21(19)13-24-16/h2-13,25H,23H2,1H3/b10-9+. The summed E-state index contributed by atoms with van der Waals surface area (Å²) in [7, 11) is 0. The molecule has 0 aliphatic rings. The van der Waals surface area contributed by atoms with E-state index in [-0.39, 0.29) is 5.91 Å². The van der Waals surface area contributed by atoms with Crippen LogP contribution in [0.5, 0.6) is 0 Å². The fourth-order valence-corrected chi connectivity index (χ4v) is 3.22. The lowest BCUT2D eigenvalue weighted by Crippen LogP contribution is -2.33. The Morgan fingerprint density at radius 1 is 1.04 bits per heavy atom. The van der Waals surface area contributed by atoms with E-state index in [0.29, 0.717) is 17.1 Å². The molecular formula is C22H18N4O2.